The Morgan fingerprint density at radius 1 is 1.38 bits per heavy atom. The molecule has 2 rings (SSSR count). The summed E-state index contributed by atoms with van der Waals surface area (Å²) in [6, 6.07) is 6.98. The third-order valence-corrected chi connectivity index (χ3v) is 4.34. The van der Waals surface area contributed by atoms with Crippen LogP contribution in [0.3, 0.4) is 0 Å². The van der Waals surface area contributed by atoms with Crippen LogP contribution in [-0.2, 0) is 4.79 Å². The number of hydrogen-bond acceptors (Lipinski definition) is 4. The summed E-state index contributed by atoms with van der Waals surface area (Å²) in [6.07, 6.45) is 1.98. The fraction of sp³-hybridized carbons (Fsp3) is 0.562. The second-order valence-electron chi connectivity index (χ2n) is 5.68. The first-order chi connectivity index (χ1) is 10.0. The lowest BCUT2D eigenvalue weighted by atomic mass is 9.98. The van der Waals surface area contributed by atoms with Gasteiger partial charge in [0.05, 0.1) is 7.11 Å². The van der Waals surface area contributed by atoms with Gasteiger partial charge in [-0.3, -0.25) is 9.69 Å². The van der Waals surface area contributed by atoms with Gasteiger partial charge in [-0.2, -0.15) is 0 Å². The zero-order valence-corrected chi connectivity index (χ0v) is 13.0. The number of rotatable bonds is 5. The first-order valence-corrected chi connectivity index (χ1v) is 7.30. The Bertz CT molecular complexity index is 484. The van der Waals surface area contributed by atoms with Crippen molar-refractivity contribution in [2.75, 3.05) is 34.3 Å². The van der Waals surface area contributed by atoms with E-state index in [1.165, 1.54) is 0 Å². The highest BCUT2D eigenvalue weighted by atomic mass is 16.5. The SMILES string of the molecule is COc1ccccc1C(C(=O)O)N(C)C1CCN(C)CC1. The molecule has 1 fully saturated rings. The largest absolute Gasteiger partial charge is 0.496 e. The van der Waals surface area contributed by atoms with E-state index in [1.54, 1.807) is 7.11 Å². The number of carboxylic acids is 1. The summed E-state index contributed by atoms with van der Waals surface area (Å²) < 4.78 is 5.33. The van der Waals surface area contributed by atoms with Crippen LogP contribution in [0.15, 0.2) is 24.3 Å². The van der Waals surface area contributed by atoms with Crippen molar-refractivity contribution in [3.63, 3.8) is 0 Å². The Morgan fingerprint density at radius 2 is 2.00 bits per heavy atom. The van der Waals surface area contributed by atoms with Gasteiger partial charge >= 0.3 is 5.97 Å². The fourth-order valence-corrected chi connectivity index (χ4v) is 3.03. The molecule has 0 aliphatic carbocycles. The van der Waals surface area contributed by atoms with Crippen LogP contribution in [0.1, 0.15) is 24.4 Å². The summed E-state index contributed by atoms with van der Waals surface area (Å²) in [4.78, 5) is 16.1. The van der Waals surface area contributed by atoms with Crippen LogP contribution in [0, 0.1) is 0 Å². The second kappa shape index (κ2) is 6.91. The molecule has 1 saturated heterocycles. The Balaban J connectivity index is 2.24. The summed E-state index contributed by atoms with van der Waals surface area (Å²) in [5.74, 6) is -0.203. The fourth-order valence-electron chi connectivity index (χ4n) is 3.03. The van der Waals surface area contributed by atoms with Crippen molar-refractivity contribution in [1.82, 2.24) is 9.80 Å². The molecule has 1 N–H and O–H groups in total. The van der Waals surface area contributed by atoms with Gasteiger partial charge in [-0.15, -0.1) is 0 Å². The third-order valence-electron chi connectivity index (χ3n) is 4.34. The minimum absolute atomic E-state index is 0.284. The molecular formula is C16H24N2O3. The van der Waals surface area contributed by atoms with Gasteiger partial charge in [-0.05, 0) is 46.1 Å². The van der Waals surface area contributed by atoms with Crippen LogP contribution in [0.25, 0.3) is 0 Å². The van der Waals surface area contributed by atoms with Gasteiger partial charge in [0.2, 0.25) is 0 Å². The predicted octanol–water partition coefficient (Wildman–Crippen LogP) is 1.85. The molecule has 21 heavy (non-hydrogen) atoms. The number of piperidine rings is 1. The van der Waals surface area contributed by atoms with E-state index in [4.69, 9.17) is 4.74 Å². The smallest absolute Gasteiger partial charge is 0.325 e. The molecule has 1 aromatic carbocycles. The van der Waals surface area contributed by atoms with E-state index < -0.39 is 12.0 Å². The van der Waals surface area contributed by atoms with Gasteiger partial charge in [0.15, 0.2) is 0 Å². The molecule has 1 aromatic rings. The molecule has 0 spiro atoms. The lowest BCUT2D eigenvalue weighted by molar-refractivity contribution is -0.144. The average molecular weight is 292 g/mol. The van der Waals surface area contributed by atoms with E-state index in [0.717, 1.165) is 25.9 Å². The van der Waals surface area contributed by atoms with Crippen molar-refractivity contribution in [1.29, 1.82) is 0 Å². The Kier molecular flexibility index (Phi) is 5.20. The first kappa shape index (κ1) is 15.8. The molecule has 0 saturated carbocycles. The molecular weight excluding hydrogens is 268 g/mol. The van der Waals surface area contributed by atoms with Crippen molar-refractivity contribution in [3.05, 3.63) is 29.8 Å². The minimum Gasteiger partial charge on any atom is -0.496 e. The molecule has 5 heteroatoms. The quantitative estimate of drug-likeness (QED) is 0.897. The van der Waals surface area contributed by atoms with Gasteiger partial charge in [0.1, 0.15) is 11.8 Å². The Morgan fingerprint density at radius 3 is 2.57 bits per heavy atom. The number of carbonyl (C=O) groups is 1. The van der Waals surface area contributed by atoms with Crippen molar-refractivity contribution in [2.24, 2.45) is 0 Å². The summed E-state index contributed by atoms with van der Waals surface area (Å²) in [6.45, 7) is 2.01. The molecule has 1 aliphatic rings. The maximum Gasteiger partial charge on any atom is 0.325 e. The van der Waals surface area contributed by atoms with E-state index in [1.807, 2.05) is 36.2 Å². The van der Waals surface area contributed by atoms with Crippen LogP contribution in [-0.4, -0.2) is 61.2 Å². The van der Waals surface area contributed by atoms with Crippen molar-refractivity contribution in [2.45, 2.75) is 24.9 Å². The summed E-state index contributed by atoms with van der Waals surface area (Å²) >= 11 is 0. The monoisotopic (exact) mass is 292 g/mol. The first-order valence-electron chi connectivity index (χ1n) is 7.30. The third kappa shape index (κ3) is 3.54. The molecule has 0 aromatic heterocycles. The van der Waals surface area contributed by atoms with Crippen molar-refractivity contribution < 1.29 is 14.6 Å². The molecule has 1 unspecified atom stereocenters. The van der Waals surface area contributed by atoms with E-state index in [2.05, 4.69) is 11.9 Å². The molecule has 116 valence electrons. The molecule has 1 heterocycles. The van der Waals surface area contributed by atoms with E-state index in [-0.39, 0.29) is 6.04 Å². The topological polar surface area (TPSA) is 53.0 Å². The number of hydrogen-bond donors (Lipinski definition) is 1. The maximum atomic E-state index is 11.8. The number of benzene rings is 1. The van der Waals surface area contributed by atoms with Gasteiger partial charge in [-0.25, -0.2) is 0 Å². The molecule has 0 bridgehead atoms. The lowest BCUT2D eigenvalue weighted by Crippen LogP contribution is -2.45. The van der Waals surface area contributed by atoms with Gasteiger partial charge in [0.25, 0.3) is 0 Å². The zero-order chi connectivity index (χ0) is 15.4. The second-order valence-corrected chi connectivity index (χ2v) is 5.68. The highest BCUT2D eigenvalue weighted by molar-refractivity contribution is 5.76. The number of nitrogens with zero attached hydrogens (tertiary/aromatic N) is 2. The number of methoxy groups -OCH3 is 1. The minimum atomic E-state index is -0.832. The zero-order valence-electron chi connectivity index (χ0n) is 13.0. The van der Waals surface area contributed by atoms with Crippen LogP contribution in [0.5, 0.6) is 5.75 Å². The van der Waals surface area contributed by atoms with Gasteiger partial charge in [-0.1, -0.05) is 18.2 Å². The van der Waals surface area contributed by atoms with Gasteiger partial charge < -0.3 is 14.7 Å². The van der Waals surface area contributed by atoms with Crippen LogP contribution >= 0.6 is 0 Å². The van der Waals surface area contributed by atoms with E-state index >= 15 is 0 Å². The predicted molar refractivity (Wildman–Crippen MR) is 81.7 cm³/mol. The Labute approximate surface area is 126 Å². The molecule has 0 amide bonds. The number of ether oxygens (including phenoxy) is 1. The average Bonchev–Trinajstić information content (AvgIpc) is 2.48. The number of likely N-dealkylation sites (tertiary alicyclic amines) is 1. The molecule has 5 nitrogen and oxygen atoms in total. The Hall–Kier alpha value is -1.59. The lowest BCUT2D eigenvalue weighted by Gasteiger charge is -2.38. The number of likely N-dealkylation sites (N-methyl/N-ethyl adjacent to an activating group) is 1. The summed E-state index contributed by atoms with van der Waals surface area (Å²) in [5.41, 5.74) is 0.717. The summed E-state index contributed by atoms with van der Waals surface area (Å²) in [5, 5.41) is 9.69. The van der Waals surface area contributed by atoms with Crippen molar-refractivity contribution in [3.8, 4) is 5.75 Å². The standard InChI is InChI=1S/C16H24N2O3/c1-17-10-8-12(9-11-17)18(2)15(16(19)20)13-6-4-5-7-14(13)21-3/h4-7,12,15H,8-11H2,1-3H3,(H,19,20). The molecule has 1 aliphatic heterocycles. The van der Waals surface area contributed by atoms with Crippen LogP contribution < -0.4 is 4.74 Å². The highest BCUT2D eigenvalue weighted by Gasteiger charge is 2.33. The van der Waals surface area contributed by atoms with Gasteiger partial charge in [0, 0.05) is 11.6 Å². The summed E-state index contributed by atoms with van der Waals surface area (Å²) in [7, 11) is 5.58. The normalized spacial score (nSPS) is 18.7. The van der Waals surface area contributed by atoms with E-state index in [0.29, 0.717) is 11.3 Å². The van der Waals surface area contributed by atoms with Crippen LogP contribution in [0.2, 0.25) is 0 Å². The number of aliphatic carboxylic acids is 1. The van der Waals surface area contributed by atoms with Crippen molar-refractivity contribution >= 4 is 5.97 Å². The van der Waals surface area contributed by atoms with Crippen LogP contribution in [0.4, 0.5) is 0 Å². The molecule has 0 radical (unpaired) electrons. The number of carboxylic acid groups (broad SMARTS) is 1. The highest BCUT2D eigenvalue weighted by Crippen LogP contribution is 2.31. The maximum absolute atomic E-state index is 11.8. The molecule has 1 atom stereocenters. The van der Waals surface area contributed by atoms with E-state index in [9.17, 15) is 9.90 Å². The number of para-hydroxylation sites is 1.